The number of carbonyl (C=O) groups excluding carboxylic acids is 1. The van der Waals surface area contributed by atoms with Gasteiger partial charge in [-0.3, -0.25) is 18.5 Å². The maximum absolute atomic E-state index is 12.3. The second kappa shape index (κ2) is 8.81. The number of rotatable bonds is 7. The van der Waals surface area contributed by atoms with Crippen molar-refractivity contribution in [1.82, 2.24) is 29.8 Å². The summed E-state index contributed by atoms with van der Waals surface area (Å²) in [5.41, 5.74) is 1.41. The summed E-state index contributed by atoms with van der Waals surface area (Å²) in [4.78, 5) is 28.7. The largest absolute Gasteiger partial charge is 0.387 e. The van der Waals surface area contributed by atoms with E-state index in [0.29, 0.717) is 16.8 Å². The van der Waals surface area contributed by atoms with Gasteiger partial charge in [-0.05, 0) is 12.1 Å². The summed E-state index contributed by atoms with van der Waals surface area (Å²) in [6.45, 7) is -0.536. The van der Waals surface area contributed by atoms with Crippen LogP contribution in [0.25, 0.3) is 11.2 Å². The molecule has 1 fully saturated rings. The number of hydrogen-bond donors (Lipinski definition) is 4. The lowest BCUT2D eigenvalue weighted by molar-refractivity contribution is -0.0467. The molecule has 1 unspecified atom stereocenters. The van der Waals surface area contributed by atoms with Crippen LogP contribution >= 0.6 is 0 Å². The average molecular weight is 465 g/mol. The highest BCUT2D eigenvalue weighted by Crippen LogP contribution is 2.32. The number of amides is 1. The Morgan fingerprint density at radius 2 is 2.09 bits per heavy atom. The minimum atomic E-state index is -4.25. The van der Waals surface area contributed by atoms with Gasteiger partial charge in [0.25, 0.3) is 5.91 Å². The summed E-state index contributed by atoms with van der Waals surface area (Å²) in [6.07, 6.45) is 0.409. The van der Waals surface area contributed by atoms with Crippen LogP contribution in [0, 0.1) is 0 Å². The van der Waals surface area contributed by atoms with Gasteiger partial charge in [0.1, 0.15) is 30.2 Å². The van der Waals surface area contributed by atoms with Crippen LogP contribution in [0.3, 0.4) is 0 Å². The number of aliphatic hydroxyl groups is 2. The van der Waals surface area contributed by atoms with Crippen molar-refractivity contribution in [2.24, 2.45) is 5.14 Å². The quantitative estimate of drug-likeness (QED) is 0.300. The van der Waals surface area contributed by atoms with Crippen molar-refractivity contribution in [3.8, 4) is 0 Å². The van der Waals surface area contributed by atoms with Gasteiger partial charge in [0.05, 0.1) is 30.7 Å². The molecule has 0 aliphatic carbocycles. The van der Waals surface area contributed by atoms with Crippen molar-refractivity contribution in [1.29, 1.82) is 0 Å². The lowest BCUT2D eigenvalue weighted by Gasteiger charge is -2.16. The Bertz CT molecular complexity index is 1220. The number of aliphatic hydroxyl groups excluding tert-OH is 2. The molecule has 0 radical (unpaired) electrons. The van der Waals surface area contributed by atoms with E-state index in [2.05, 4.69) is 29.4 Å². The summed E-state index contributed by atoms with van der Waals surface area (Å²) in [5.74, 6) is -0.348. The maximum atomic E-state index is 12.3. The number of imidazole rings is 1. The molecule has 1 aliphatic heterocycles. The lowest BCUT2D eigenvalue weighted by atomic mass is 10.1. The van der Waals surface area contributed by atoms with Crippen LogP contribution in [0.1, 0.15) is 22.3 Å². The predicted molar refractivity (Wildman–Crippen MR) is 106 cm³/mol. The fourth-order valence-corrected chi connectivity index (χ4v) is 3.56. The Morgan fingerprint density at radius 3 is 2.81 bits per heavy atom. The molecule has 3 aromatic rings. The molecule has 3 aromatic heterocycles. The Labute approximate surface area is 181 Å². The van der Waals surface area contributed by atoms with Gasteiger partial charge in [0, 0.05) is 12.4 Å². The highest BCUT2D eigenvalue weighted by atomic mass is 32.2. The normalized spacial score (nSPS) is 23.5. The molecule has 5 N–H and O–H groups in total. The predicted octanol–water partition coefficient (Wildman–Crippen LogP) is -2.01. The van der Waals surface area contributed by atoms with Crippen LogP contribution in [-0.4, -0.2) is 74.0 Å². The van der Waals surface area contributed by atoms with Gasteiger partial charge in [-0.25, -0.2) is 20.1 Å². The SMILES string of the molecule is NS(=O)(=O)OCC1O[C@@H](n2cnc3c(CNC(=O)c4cccnc4)ncnc32)[C@H](O)[C@@H]1O. The van der Waals surface area contributed by atoms with E-state index in [9.17, 15) is 23.4 Å². The lowest BCUT2D eigenvalue weighted by Crippen LogP contribution is -2.35. The van der Waals surface area contributed by atoms with E-state index < -0.39 is 41.5 Å². The van der Waals surface area contributed by atoms with Crippen LogP contribution in [0.2, 0.25) is 0 Å². The third-order valence-corrected chi connectivity index (χ3v) is 5.25. The van der Waals surface area contributed by atoms with Crippen molar-refractivity contribution in [2.75, 3.05) is 6.61 Å². The molecule has 0 spiro atoms. The molecule has 1 aliphatic rings. The van der Waals surface area contributed by atoms with Crippen molar-refractivity contribution in [3.05, 3.63) is 48.4 Å². The van der Waals surface area contributed by atoms with Crippen LogP contribution in [0.4, 0.5) is 0 Å². The first kappa shape index (κ1) is 22.1. The fraction of sp³-hybridized carbons (Fsp3) is 0.353. The number of pyridine rings is 1. The van der Waals surface area contributed by atoms with E-state index in [0.717, 1.165) is 0 Å². The maximum Gasteiger partial charge on any atom is 0.333 e. The Balaban J connectivity index is 1.52. The van der Waals surface area contributed by atoms with Crippen molar-refractivity contribution >= 4 is 27.4 Å². The zero-order chi connectivity index (χ0) is 22.9. The van der Waals surface area contributed by atoms with Gasteiger partial charge >= 0.3 is 10.3 Å². The van der Waals surface area contributed by atoms with Gasteiger partial charge < -0.3 is 20.3 Å². The second-order valence-electron chi connectivity index (χ2n) is 6.89. The Morgan fingerprint density at radius 1 is 1.28 bits per heavy atom. The number of aromatic nitrogens is 5. The molecule has 32 heavy (non-hydrogen) atoms. The fourth-order valence-electron chi connectivity index (χ4n) is 3.24. The molecule has 170 valence electrons. The summed E-state index contributed by atoms with van der Waals surface area (Å²) >= 11 is 0. The van der Waals surface area contributed by atoms with Crippen molar-refractivity contribution in [2.45, 2.75) is 31.1 Å². The van der Waals surface area contributed by atoms with Gasteiger partial charge in [-0.2, -0.15) is 8.42 Å². The Hall–Kier alpha value is -3.08. The van der Waals surface area contributed by atoms with E-state index in [1.54, 1.807) is 18.3 Å². The smallest absolute Gasteiger partial charge is 0.333 e. The molecule has 4 heterocycles. The van der Waals surface area contributed by atoms with E-state index >= 15 is 0 Å². The number of ether oxygens (including phenoxy) is 1. The van der Waals surface area contributed by atoms with Gasteiger partial charge in [0.15, 0.2) is 11.9 Å². The zero-order valence-electron chi connectivity index (χ0n) is 16.3. The summed E-state index contributed by atoms with van der Waals surface area (Å²) in [7, 11) is -4.25. The van der Waals surface area contributed by atoms with Crippen LogP contribution in [0.15, 0.2) is 37.2 Å². The number of hydrogen-bond acceptors (Lipinski definition) is 11. The monoisotopic (exact) mass is 465 g/mol. The summed E-state index contributed by atoms with van der Waals surface area (Å²) < 4.78 is 33.4. The topological polar surface area (TPSA) is 205 Å². The third-order valence-electron chi connectivity index (χ3n) is 4.78. The number of nitrogens with zero attached hydrogens (tertiary/aromatic N) is 5. The molecule has 1 saturated heterocycles. The highest BCUT2D eigenvalue weighted by Gasteiger charge is 2.45. The minimum absolute atomic E-state index is 0.0469. The van der Waals surface area contributed by atoms with Gasteiger partial charge in [-0.15, -0.1) is 0 Å². The van der Waals surface area contributed by atoms with E-state index in [1.807, 2.05) is 0 Å². The molecule has 4 atom stereocenters. The minimum Gasteiger partial charge on any atom is -0.387 e. The molecule has 1 amide bonds. The van der Waals surface area contributed by atoms with Gasteiger partial charge in [-0.1, -0.05) is 0 Å². The van der Waals surface area contributed by atoms with E-state index in [1.165, 1.54) is 23.4 Å². The first-order valence-corrected chi connectivity index (χ1v) is 10.7. The molecule has 14 nitrogen and oxygen atoms in total. The first-order chi connectivity index (χ1) is 15.2. The van der Waals surface area contributed by atoms with Crippen LogP contribution < -0.4 is 10.5 Å². The first-order valence-electron chi connectivity index (χ1n) is 9.28. The highest BCUT2D eigenvalue weighted by molar-refractivity contribution is 7.84. The van der Waals surface area contributed by atoms with Crippen molar-refractivity contribution < 1.29 is 32.3 Å². The number of nitrogens with one attached hydrogen (secondary N) is 1. The van der Waals surface area contributed by atoms with E-state index in [4.69, 9.17) is 9.88 Å². The zero-order valence-corrected chi connectivity index (χ0v) is 17.2. The molecule has 0 aromatic carbocycles. The molecule has 0 saturated carbocycles. The molecular weight excluding hydrogens is 446 g/mol. The molecule has 4 rings (SSSR count). The summed E-state index contributed by atoms with van der Waals surface area (Å²) in [5, 5.41) is 28.1. The Kier molecular flexibility index (Phi) is 6.09. The summed E-state index contributed by atoms with van der Waals surface area (Å²) in [6, 6.07) is 3.26. The number of fused-ring (bicyclic) bond motifs is 1. The third kappa shape index (κ3) is 4.57. The molecule has 15 heteroatoms. The second-order valence-corrected chi connectivity index (χ2v) is 8.11. The van der Waals surface area contributed by atoms with E-state index in [-0.39, 0.29) is 18.1 Å². The average Bonchev–Trinajstić information content (AvgIpc) is 3.32. The number of carbonyl (C=O) groups is 1. The standard InChI is InChI=1S/C17H19N7O7S/c18-32(28,29)30-6-11-13(25)14(26)17(31-11)24-8-23-12-10(21-7-22-15(12)24)5-20-16(27)9-2-1-3-19-4-9/h1-4,7-8,11,13-14,17,25-26H,5-6H2,(H,20,27)(H2,18,28,29)/t11?,13-,14-,17-/m1/s1. The van der Waals surface area contributed by atoms with Crippen LogP contribution in [0.5, 0.6) is 0 Å². The van der Waals surface area contributed by atoms with Crippen LogP contribution in [-0.2, 0) is 25.8 Å². The number of nitrogens with two attached hydrogens (primary N) is 1. The van der Waals surface area contributed by atoms with Gasteiger partial charge in [0.2, 0.25) is 0 Å². The van der Waals surface area contributed by atoms with Crippen molar-refractivity contribution in [3.63, 3.8) is 0 Å². The molecular formula is C17H19N7O7S. The molecule has 0 bridgehead atoms.